The highest BCUT2D eigenvalue weighted by atomic mass is 32.2. The summed E-state index contributed by atoms with van der Waals surface area (Å²) in [6.07, 6.45) is -2.14. The highest BCUT2D eigenvalue weighted by molar-refractivity contribution is 7.89. The first-order valence-electron chi connectivity index (χ1n) is 9.53. The molecule has 5 atom stereocenters. The van der Waals surface area contributed by atoms with Crippen molar-refractivity contribution < 1.29 is 36.3 Å². The third-order valence-electron chi connectivity index (χ3n) is 4.90. The van der Waals surface area contributed by atoms with Gasteiger partial charge >= 0.3 is 0 Å². The van der Waals surface area contributed by atoms with Crippen LogP contribution in [-0.4, -0.2) is 57.3 Å². The zero-order valence-electron chi connectivity index (χ0n) is 16.8. The van der Waals surface area contributed by atoms with E-state index in [2.05, 4.69) is 0 Å². The molecule has 29 heavy (non-hydrogen) atoms. The average molecular weight is 426 g/mol. The highest BCUT2D eigenvalue weighted by Crippen LogP contribution is 2.42. The smallest absolute Gasteiger partial charge is 0.290 e. The first-order valence-corrected chi connectivity index (χ1v) is 11.0. The minimum absolute atomic E-state index is 0.250. The molecule has 0 bridgehead atoms. The van der Waals surface area contributed by atoms with E-state index in [9.17, 15) is 8.42 Å². The molecule has 3 aliphatic rings. The van der Waals surface area contributed by atoms with Gasteiger partial charge in [0.25, 0.3) is 10.1 Å². The molecule has 0 aromatic heterocycles. The Balaban J connectivity index is 1.54. The quantitative estimate of drug-likeness (QED) is 0.663. The summed E-state index contributed by atoms with van der Waals surface area (Å²) in [5.41, 5.74) is 0.743. The van der Waals surface area contributed by atoms with Gasteiger partial charge in [0, 0.05) is 0 Å². The SMILES string of the molecule is CC1(C)O[C@H]2O[C@H]([C@H]3COC(C)(C)O3)[C@H](OS(=O)(=O)/C=C/c3ccccc3)[C@H]2O1. The number of hydrogen-bond acceptors (Lipinski definition) is 8. The van der Waals surface area contributed by atoms with E-state index in [1.807, 2.05) is 18.2 Å². The maximum atomic E-state index is 12.7. The summed E-state index contributed by atoms with van der Waals surface area (Å²) in [5, 5.41) is 1.03. The van der Waals surface area contributed by atoms with Crippen molar-refractivity contribution in [2.24, 2.45) is 0 Å². The highest BCUT2D eigenvalue weighted by Gasteiger charge is 2.60. The van der Waals surface area contributed by atoms with Gasteiger partial charge in [-0.25, -0.2) is 0 Å². The van der Waals surface area contributed by atoms with Crippen LogP contribution in [-0.2, 0) is 38.0 Å². The molecule has 4 rings (SSSR count). The summed E-state index contributed by atoms with van der Waals surface area (Å²) < 4.78 is 59.9. The maximum Gasteiger partial charge on any atom is 0.290 e. The van der Waals surface area contributed by atoms with Crippen LogP contribution in [0, 0.1) is 0 Å². The Hall–Kier alpha value is -1.33. The summed E-state index contributed by atoms with van der Waals surface area (Å²) in [7, 11) is -4.02. The normalized spacial score (nSPS) is 35.9. The number of rotatable bonds is 5. The Morgan fingerprint density at radius 1 is 1.00 bits per heavy atom. The summed E-state index contributed by atoms with van der Waals surface area (Å²) >= 11 is 0. The van der Waals surface area contributed by atoms with E-state index in [4.69, 9.17) is 27.9 Å². The zero-order chi connectivity index (χ0) is 20.9. The predicted octanol–water partition coefficient (Wildman–Crippen LogP) is 2.40. The van der Waals surface area contributed by atoms with Gasteiger partial charge in [0.1, 0.15) is 24.4 Å². The van der Waals surface area contributed by atoms with Crippen LogP contribution >= 0.6 is 0 Å². The molecule has 160 valence electrons. The summed E-state index contributed by atoms with van der Waals surface area (Å²) in [6.45, 7) is 7.30. The minimum atomic E-state index is -4.02. The lowest BCUT2D eigenvalue weighted by Crippen LogP contribution is -2.44. The second-order valence-corrected chi connectivity index (χ2v) is 9.65. The first kappa shape index (κ1) is 20.9. The number of hydrogen-bond donors (Lipinski definition) is 0. The Labute approximate surface area is 170 Å². The zero-order valence-corrected chi connectivity index (χ0v) is 17.6. The molecule has 0 radical (unpaired) electrons. The van der Waals surface area contributed by atoms with Crippen molar-refractivity contribution in [2.45, 2.75) is 70.0 Å². The van der Waals surface area contributed by atoms with Crippen LogP contribution < -0.4 is 0 Å². The van der Waals surface area contributed by atoms with Crippen molar-refractivity contribution in [2.75, 3.05) is 6.61 Å². The van der Waals surface area contributed by atoms with Gasteiger partial charge < -0.3 is 23.7 Å². The molecule has 0 saturated carbocycles. The molecule has 1 aromatic rings. The van der Waals surface area contributed by atoms with Crippen LogP contribution in [0.1, 0.15) is 33.3 Å². The third kappa shape index (κ3) is 4.72. The summed E-state index contributed by atoms with van der Waals surface area (Å²) in [6, 6.07) is 9.10. The topological polar surface area (TPSA) is 89.5 Å². The van der Waals surface area contributed by atoms with E-state index in [0.29, 0.717) is 0 Å². The van der Waals surface area contributed by atoms with Crippen molar-refractivity contribution in [1.29, 1.82) is 0 Å². The molecular weight excluding hydrogens is 400 g/mol. The molecule has 0 N–H and O–H groups in total. The summed E-state index contributed by atoms with van der Waals surface area (Å²) in [4.78, 5) is 0. The van der Waals surface area contributed by atoms with Crippen LogP contribution in [0.4, 0.5) is 0 Å². The van der Waals surface area contributed by atoms with Crippen LogP contribution in [0.15, 0.2) is 35.7 Å². The molecule has 0 aliphatic carbocycles. The van der Waals surface area contributed by atoms with E-state index in [1.54, 1.807) is 39.8 Å². The van der Waals surface area contributed by atoms with Gasteiger partial charge in [0.05, 0.1) is 12.0 Å². The van der Waals surface area contributed by atoms with Gasteiger partial charge in [-0.1, -0.05) is 30.3 Å². The lowest BCUT2D eigenvalue weighted by atomic mass is 10.1. The molecule has 0 amide bonds. The third-order valence-corrected chi connectivity index (χ3v) is 5.86. The molecular formula is C20H26O8S. The van der Waals surface area contributed by atoms with Gasteiger partial charge in [-0.2, -0.15) is 8.42 Å². The fourth-order valence-electron chi connectivity index (χ4n) is 3.70. The molecule has 3 heterocycles. The fraction of sp³-hybridized carbons (Fsp3) is 0.600. The van der Waals surface area contributed by atoms with E-state index in [0.717, 1.165) is 11.0 Å². The molecule has 1 aromatic carbocycles. The maximum absolute atomic E-state index is 12.7. The van der Waals surface area contributed by atoms with Crippen LogP contribution in [0.3, 0.4) is 0 Å². The number of ether oxygens (including phenoxy) is 5. The summed E-state index contributed by atoms with van der Waals surface area (Å²) in [5.74, 6) is -1.69. The van der Waals surface area contributed by atoms with E-state index in [-0.39, 0.29) is 6.61 Å². The van der Waals surface area contributed by atoms with Crippen LogP contribution in [0.2, 0.25) is 0 Å². The molecule has 0 unspecified atom stereocenters. The van der Waals surface area contributed by atoms with Crippen LogP contribution in [0.25, 0.3) is 6.08 Å². The van der Waals surface area contributed by atoms with Gasteiger partial charge in [-0.3, -0.25) is 4.18 Å². The minimum Gasteiger partial charge on any atom is -0.348 e. The monoisotopic (exact) mass is 426 g/mol. The molecule has 9 heteroatoms. The molecule has 0 spiro atoms. The molecule has 3 aliphatic heterocycles. The Morgan fingerprint density at radius 2 is 1.72 bits per heavy atom. The van der Waals surface area contributed by atoms with Gasteiger partial charge in [-0.05, 0) is 39.3 Å². The van der Waals surface area contributed by atoms with Crippen molar-refractivity contribution in [3.8, 4) is 0 Å². The largest absolute Gasteiger partial charge is 0.348 e. The van der Waals surface area contributed by atoms with Gasteiger partial charge in [0.15, 0.2) is 17.9 Å². The Kier molecular flexibility index (Phi) is 5.35. The predicted molar refractivity (Wildman–Crippen MR) is 103 cm³/mol. The lowest BCUT2D eigenvalue weighted by molar-refractivity contribution is -0.230. The molecule has 3 fully saturated rings. The Morgan fingerprint density at radius 3 is 2.38 bits per heavy atom. The average Bonchev–Trinajstić information content (AvgIpc) is 3.24. The van der Waals surface area contributed by atoms with Gasteiger partial charge in [0.2, 0.25) is 0 Å². The lowest BCUT2D eigenvalue weighted by Gasteiger charge is -2.28. The second-order valence-electron chi connectivity index (χ2n) is 8.20. The van der Waals surface area contributed by atoms with E-state index >= 15 is 0 Å². The van der Waals surface area contributed by atoms with Gasteiger partial charge in [-0.15, -0.1) is 0 Å². The second kappa shape index (κ2) is 7.42. The van der Waals surface area contributed by atoms with E-state index in [1.165, 1.54) is 6.08 Å². The molecule has 3 saturated heterocycles. The molecule has 8 nitrogen and oxygen atoms in total. The number of fused-ring (bicyclic) bond motifs is 1. The van der Waals surface area contributed by atoms with Crippen molar-refractivity contribution >= 4 is 16.2 Å². The van der Waals surface area contributed by atoms with Crippen molar-refractivity contribution in [1.82, 2.24) is 0 Å². The van der Waals surface area contributed by atoms with Crippen molar-refractivity contribution in [3.63, 3.8) is 0 Å². The van der Waals surface area contributed by atoms with E-state index < -0.39 is 52.4 Å². The number of benzene rings is 1. The standard InChI is InChI=1S/C20H26O8S/c1-19(2)23-12-14(25-19)15-16(17-18(24-15)27-20(3,4)26-17)28-29(21,22)11-10-13-8-6-5-7-9-13/h5-11,14-18H,12H2,1-4H3/b11-10+/t14-,15-,16+,17-,18-/m1/s1. The first-order chi connectivity index (χ1) is 13.5. The van der Waals surface area contributed by atoms with Crippen LogP contribution in [0.5, 0.6) is 0 Å². The van der Waals surface area contributed by atoms with Crippen molar-refractivity contribution in [3.05, 3.63) is 41.3 Å². The fourth-order valence-corrected chi connectivity index (χ4v) is 4.62. The Bertz CT molecular complexity index is 864.